The lowest BCUT2D eigenvalue weighted by atomic mass is 9.97. The number of fused-ring (bicyclic) bond motifs is 5. The number of para-hydroxylation sites is 1. The third-order valence-electron chi connectivity index (χ3n) is 9.90. The summed E-state index contributed by atoms with van der Waals surface area (Å²) in [7, 11) is 4.20. The van der Waals surface area contributed by atoms with E-state index < -0.39 is 18.2 Å². The van der Waals surface area contributed by atoms with Gasteiger partial charge >= 0.3 is 6.09 Å². The summed E-state index contributed by atoms with van der Waals surface area (Å²) in [6.45, 7) is 0.909. The summed E-state index contributed by atoms with van der Waals surface area (Å²) in [5.41, 5.74) is 3.15. The molecule has 1 fully saturated rings. The van der Waals surface area contributed by atoms with Gasteiger partial charge in [-0.3, -0.25) is 24.4 Å². The Morgan fingerprint density at radius 1 is 0.920 bits per heavy atom. The van der Waals surface area contributed by atoms with Crippen LogP contribution in [0.3, 0.4) is 0 Å². The Hall–Kier alpha value is -5.30. The molecule has 13 nitrogen and oxygen atoms in total. The topological polar surface area (TPSA) is 148 Å². The van der Waals surface area contributed by atoms with E-state index in [4.69, 9.17) is 23.7 Å². The number of methoxy groups -OCH3 is 3. The molecule has 0 aromatic heterocycles. The number of aliphatic hydroxyl groups excluding tert-OH is 1. The molecule has 1 spiro atoms. The minimum absolute atomic E-state index is 0.0671. The predicted octanol–water partition coefficient (Wildman–Crippen LogP) is 5.03. The predicted molar refractivity (Wildman–Crippen MR) is 185 cm³/mol. The number of nitrogens with one attached hydrogen (secondary N) is 1. The van der Waals surface area contributed by atoms with Crippen molar-refractivity contribution in [2.24, 2.45) is 10.4 Å². The molecule has 1 unspecified atom stereocenters. The van der Waals surface area contributed by atoms with Crippen molar-refractivity contribution < 1.29 is 43.2 Å². The zero-order chi connectivity index (χ0) is 35.0. The summed E-state index contributed by atoms with van der Waals surface area (Å²) in [5.74, 6) is 0.861. The first-order valence-corrected chi connectivity index (χ1v) is 16.7. The Labute approximate surface area is 289 Å². The third-order valence-corrected chi connectivity index (χ3v) is 9.90. The van der Waals surface area contributed by atoms with E-state index in [0.29, 0.717) is 55.0 Å². The highest BCUT2D eigenvalue weighted by molar-refractivity contribution is 6.14. The van der Waals surface area contributed by atoms with Crippen molar-refractivity contribution in [3.63, 3.8) is 0 Å². The second kappa shape index (κ2) is 13.5. The molecule has 50 heavy (non-hydrogen) atoms. The Morgan fingerprint density at radius 2 is 1.62 bits per heavy atom. The summed E-state index contributed by atoms with van der Waals surface area (Å²) >= 11 is 0. The van der Waals surface area contributed by atoms with E-state index in [9.17, 15) is 19.5 Å². The average Bonchev–Trinajstić information content (AvgIpc) is 3.84. The molecule has 3 aromatic rings. The number of amides is 3. The van der Waals surface area contributed by atoms with Crippen molar-refractivity contribution in [3.8, 4) is 23.0 Å². The minimum Gasteiger partial charge on any atom is -0.493 e. The molecule has 3 aliphatic heterocycles. The van der Waals surface area contributed by atoms with Crippen molar-refractivity contribution >= 4 is 41.2 Å². The molecule has 3 amide bonds. The quantitative estimate of drug-likeness (QED) is 0.312. The minimum atomic E-state index is -1.21. The molecule has 7 rings (SSSR count). The molecule has 13 heteroatoms. The molecule has 0 radical (unpaired) electrons. The summed E-state index contributed by atoms with van der Waals surface area (Å²) in [6.07, 6.45) is 3.81. The van der Waals surface area contributed by atoms with Crippen LogP contribution in [0.5, 0.6) is 23.0 Å². The normalized spacial score (nSPS) is 20.1. The molecule has 0 saturated heterocycles. The van der Waals surface area contributed by atoms with Crippen molar-refractivity contribution in [1.82, 2.24) is 5.32 Å². The fraction of sp³-hybridized carbons (Fsp3) is 0.405. The van der Waals surface area contributed by atoms with E-state index in [0.717, 1.165) is 29.0 Å². The number of aliphatic hydroxyl groups is 1. The van der Waals surface area contributed by atoms with Gasteiger partial charge in [-0.05, 0) is 54.9 Å². The molecule has 0 bridgehead atoms. The summed E-state index contributed by atoms with van der Waals surface area (Å²) in [6, 6.07) is 14.1. The number of aliphatic imine (C=N–C) groups is 1. The zero-order valence-corrected chi connectivity index (χ0v) is 28.3. The van der Waals surface area contributed by atoms with Crippen LogP contribution in [-0.2, 0) is 11.2 Å². The average molecular weight is 685 g/mol. The van der Waals surface area contributed by atoms with E-state index in [1.165, 1.54) is 33.5 Å². The third kappa shape index (κ3) is 6.17. The van der Waals surface area contributed by atoms with Crippen molar-refractivity contribution in [3.05, 3.63) is 65.2 Å². The molecule has 1 saturated carbocycles. The fourth-order valence-corrected chi connectivity index (χ4v) is 6.91. The number of ether oxygens (including phenoxy) is 5. The second-order valence-electron chi connectivity index (χ2n) is 13.0. The van der Waals surface area contributed by atoms with Gasteiger partial charge in [0.25, 0.3) is 11.8 Å². The summed E-state index contributed by atoms with van der Waals surface area (Å²) in [4.78, 5) is 47.6. The molecule has 3 aromatic carbocycles. The number of hydrogen-bond donors (Lipinski definition) is 2. The second-order valence-corrected chi connectivity index (χ2v) is 13.0. The number of nitrogens with zero attached hydrogens (tertiary/aromatic N) is 3. The van der Waals surface area contributed by atoms with Gasteiger partial charge in [-0.1, -0.05) is 18.2 Å². The smallest absolute Gasteiger partial charge is 0.416 e. The zero-order valence-electron chi connectivity index (χ0n) is 28.3. The van der Waals surface area contributed by atoms with E-state index in [1.54, 1.807) is 23.2 Å². The first-order chi connectivity index (χ1) is 24.3. The van der Waals surface area contributed by atoms with Gasteiger partial charge in [0.1, 0.15) is 6.23 Å². The molecule has 3 heterocycles. The lowest BCUT2D eigenvalue weighted by Crippen LogP contribution is -2.44. The van der Waals surface area contributed by atoms with E-state index in [1.807, 2.05) is 24.3 Å². The number of carbonyl (C=O) groups excluding carboxylic acids is 3. The maximum atomic E-state index is 13.7. The fourth-order valence-electron chi connectivity index (χ4n) is 6.91. The van der Waals surface area contributed by atoms with Gasteiger partial charge in [-0.2, -0.15) is 0 Å². The van der Waals surface area contributed by atoms with E-state index >= 15 is 0 Å². The number of hydrogen-bond acceptors (Lipinski definition) is 10. The first kappa shape index (κ1) is 33.2. The lowest BCUT2D eigenvalue weighted by Gasteiger charge is -2.31. The van der Waals surface area contributed by atoms with Crippen LogP contribution in [0.25, 0.3) is 0 Å². The lowest BCUT2D eigenvalue weighted by molar-refractivity contribution is 0.0929. The van der Waals surface area contributed by atoms with Crippen LogP contribution in [-0.4, -0.2) is 82.6 Å². The Bertz CT molecular complexity index is 1860. The van der Waals surface area contributed by atoms with E-state index in [-0.39, 0.29) is 53.3 Å². The van der Waals surface area contributed by atoms with Gasteiger partial charge < -0.3 is 34.1 Å². The van der Waals surface area contributed by atoms with Gasteiger partial charge in [0.2, 0.25) is 0 Å². The van der Waals surface area contributed by atoms with Crippen molar-refractivity contribution in [2.45, 2.75) is 50.8 Å². The Balaban J connectivity index is 1.06. The van der Waals surface area contributed by atoms with Crippen molar-refractivity contribution in [1.29, 1.82) is 0 Å². The van der Waals surface area contributed by atoms with Crippen LogP contribution in [0, 0.1) is 5.41 Å². The highest BCUT2D eigenvalue weighted by Crippen LogP contribution is 2.50. The number of carbonyl (C=O) groups is 3. The van der Waals surface area contributed by atoms with Crippen LogP contribution in [0.2, 0.25) is 0 Å². The van der Waals surface area contributed by atoms with Crippen LogP contribution >= 0.6 is 0 Å². The van der Waals surface area contributed by atoms with Crippen LogP contribution in [0.15, 0.2) is 53.5 Å². The molecule has 4 aliphatic rings. The highest BCUT2D eigenvalue weighted by atomic mass is 16.5. The molecule has 262 valence electrons. The molecule has 1 aliphatic carbocycles. The first-order valence-electron chi connectivity index (χ1n) is 16.7. The summed E-state index contributed by atoms with van der Waals surface area (Å²) < 4.78 is 28.3. The number of rotatable bonds is 8. The maximum Gasteiger partial charge on any atom is 0.416 e. The number of benzene rings is 3. The Kier molecular flexibility index (Phi) is 9.00. The Morgan fingerprint density at radius 3 is 2.32 bits per heavy atom. The standard InChI is InChI=1S/C37H40N4O9/c1-46-29-16-24-26(38-20-23-15-22-7-4-5-8-27(22)40(23)35(24)44)18-31(29)49-13-6-14-50-32-19-28-25(17-30(32)47-2)34(43)39-21-37(11-12-37)10-9-33(42)41(28)36(45)48-3/h4-5,7-8,16-20,23,33,42H,6,9-15,21H2,1-3H3,(H,39,43)/t23-,33?/m0/s1. The molecular weight excluding hydrogens is 644 g/mol. The number of anilines is 2. The maximum absolute atomic E-state index is 13.7. The van der Waals surface area contributed by atoms with Crippen LogP contribution < -0.4 is 34.1 Å². The molecule has 2 atom stereocenters. The molecule has 2 N–H and O–H groups in total. The summed E-state index contributed by atoms with van der Waals surface area (Å²) in [5, 5.41) is 14.1. The van der Waals surface area contributed by atoms with Gasteiger partial charge in [0, 0.05) is 43.4 Å². The van der Waals surface area contributed by atoms with Crippen LogP contribution in [0.4, 0.5) is 21.9 Å². The van der Waals surface area contributed by atoms with Crippen molar-refractivity contribution in [2.75, 3.05) is 50.9 Å². The van der Waals surface area contributed by atoms with Gasteiger partial charge in [0.15, 0.2) is 23.0 Å². The van der Waals surface area contributed by atoms with Gasteiger partial charge in [-0.15, -0.1) is 0 Å². The SMILES string of the molecule is COC(=O)N1c2cc(OCCCOc3cc4c(cc3OC)C(=O)N3c5ccccc5C[C@H]3C=N4)c(OC)cc2C(=O)NCC2(CCC1O)CC2. The largest absolute Gasteiger partial charge is 0.493 e. The van der Waals surface area contributed by atoms with Gasteiger partial charge in [0.05, 0.1) is 63.1 Å². The van der Waals surface area contributed by atoms with Crippen LogP contribution in [0.1, 0.15) is 58.4 Å². The highest BCUT2D eigenvalue weighted by Gasteiger charge is 2.44. The molecular formula is C37H40N4O9. The van der Waals surface area contributed by atoms with Gasteiger partial charge in [-0.25, -0.2) is 4.79 Å². The van der Waals surface area contributed by atoms with E-state index in [2.05, 4.69) is 10.3 Å². The monoisotopic (exact) mass is 684 g/mol.